The lowest BCUT2D eigenvalue weighted by Gasteiger charge is -2.15. The van der Waals surface area contributed by atoms with Crippen LogP contribution < -0.4 is 15.6 Å². The van der Waals surface area contributed by atoms with Crippen LogP contribution in [0.1, 0.15) is 50.5 Å². The zero-order valence-electron chi connectivity index (χ0n) is 18.8. The summed E-state index contributed by atoms with van der Waals surface area (Å²) in [6.07, 6.45) is 5.08. The van der Waals surface area contributed by atoms with Gasteiger partial charge in [-0.05, 0) is 75.8 Å². The predicted molar refractivity (Wildman–Crippen MR) is 132 cm³/mol. The van der Waals surface area contributed by atoms with Crippen LogP contribution in [0.2, 0.25) is 0 Å². The van der Waals surface area contributed by atoms with Crippen LogP contribution in [0.5, 0.6) is 5.75 Å². The Labute approximate surface area is 196 Å². The van der Waals surface area contributed by atoms with E-state index < -0.39 is 0 Å². The number of thioether (sulfide) groups is 1. The van der Waals surface area contributed by atoms with E-state index in [1.165, 1.54) is 22.2 Å². The van der Waals surface area contributed by atoms with E-state index in [1.807, 2.05) is 45.0 Å². The standard InChI is InChI=1S/C24H29N3O3S2/c1-4-15(3)25-20(28)14-31-24-26-22-21(18-8-6-7-9-19(18)32-22)23(29)27(24)16-10-12-17(13-11-16)30-5-2/h10-13,15H,4-9,14H2,1-3H3,(H,25,28). The summed E-state index contributed by atoms with van der Waals surface area (Å²) in [6, 6.07) is 7.60. The molecule has 1 aromatic carbocycles. The monoisotopic (exact) mass is 471 g/mol. The van der Waals surface area contributed by atoms with Crippen molar-refractivity contribution in [2.24, 2.45) is 0 Å². The molecule has 0 fully saturated rings. The van der Waals surface area contributed by atoms with Gasteiger partial charge in [0.2, 0.25) is 5.91 Å². The molecule has 1 aliphatic carbocycles. The molecular formula is C24H29N3O3S2. The maximum Gasteiger partial charge on any atom is 0.267 e. The molecule has 2 aromatic heterocycles. The predicted octanol–water partition coefficient (Wildman–Crippen LogP) is 4.73. The first-order valence-corrected chi connectivity index (χ1v) is 13.0. The number of rotatable bonds is 8. The number of fused-ring (bicyclic) bond motifs is 3. The van der Waals surface area contributed by atoms with E-state index in [-0.39, 0.29) is 23.3 Å². The number of aryl methyl sites for hydroxylation is 2. The highest BCUT2D eigenvalue weighted by Gasteiger charge is 2.23. The van der Waals surface area contributed by atoms with Crippen LogP contribution in [0.25, 0.3) is 15.9 Å². The highest BCUT2D eigenvalue weighted by atomic mass is 32.2. The molecule has 0 spiro atoms. The maximum absolute atomic E-state index is 13.7. The number of carbonyl (C=O) groups excluding carboxylic acids is 1. The van der Waals surface area contributed by atoms with Gasteiger partial charge in [-0.2, -0.15) is 0 Å². The van der Waals surface area contributed by atoms with Crippen molar-refractivity contribution in [3.05, 3.63) is 45.1 Å². The Kier molecular flexibility index (Phi) is 7.20. The van der Waals surface area contributed by atoms with E-state index in [0.29, 0.717) is 11.8 Å². The largest absolute Gasteiger partial charge is 0.494 e. The smallest absolute Gasteiger partial charge is 0.267 e. The Morgan fingerprint density at radius 1 is 1.25 bits per heavy atom. The number of benzene rings is 1. The van der Waals surface area contributed by atoms with Gasteiger partial charge < -0.3 is 10.1 Å². The molecule has 0 saturated carbocycles. The zero-order valence-corrected chi connectivity index (χ0v) is 20.4. The van der Waals surface area contributed by atoms with Crippen molar-refractivity contribution in [2.75, 3.05) is 12.4 Å². The number of carbonyl (C=O) groups is 1. The average Bonchev–Trinajstić information content (AvgIpc) is 3.17. The highest BCUT2D eigenvalue weighted by molar-refractivity contribution is 7.99. The van der Waals surface area contributed by atoms with E-state index >= 15 is 0 Å². The van der Waals surface area contributed by atoms with E-state index in [2.05, 4.69) is 5.32 Å². The molecular weight excluding hydrogens is 442 g/mol. The van der Waals surface area contributed by atoms with E-state index in [0.717, 1.165) is 53.8 Å². The van der Waals surface area contributed by atoms with Crippen LogP contribution in [-0.2, 0) is 17.6 Å². The number of amides is 1. The average molecular weight is 472 g/mol. The normalized spacial score (nSPS) is 14.2. The van der Waals surface area contributed by atoms with Crippen molar-refractivity contribution in [1.29, 1.82) is 0 Å². The van der Waals surface area contributed by atoms with Gasteiger partial charge in [0.25, 0.3) is 5.56 Å². The molecule has 0 bridgehead atoms. The Hall–Kier alpha value is -2.32. The van der Waals surface area contributed by atoms with Crippen molar-refractivity contribution in [3.8, 4) is 11.4 Å². The SMILES string of the molecule is CCOc1ccc(-n2c(SCC(=O)NC(C)CC)nc3sc4c(c3c2=O)CCCC4)cc1. The first kappa shape index (κ1) is 22.9. The first-order chi connectivity index (χ1) is 15.5. The second kappa shape index (κ2) is 10.1. The minimum absolute atomic E-state index is 0.0524. The molecule has 0 saturated heterocycles. The molecule has 1 N–H and O–H groups in total. The van der Waals surface area contributed by atoms with Crippen molar-refractivity contribution in [1.82, 2.24) is 14.9 Å². The first-order valence-electron chi connectivity index (χ1n) is 11.2. The van der Waals surface area contributed by atoms with E-state index in [4.69, 9.17) is 9.72 Å². The molecule has 8 heteroatoms. The summed E-state index contributed by atoms with van der Waals surface area (Å²) in [4.78, 5) is 33.1. The van der Waals surface area contributed by atoms with Gasteiger partial charge in [-0.3, -0.25) is 14.2 Å². The van der Waals surface area contributed by atoms with Crippen molar-refractivity contribution in [3.63, 3.8) is 0 Å². The maximum atomic E-state index is 13.7. The summed E-state index contributed by atoms with van der Waals surface area (Å²) in [7, 11) is 0. The van der Waals surface area contributed by atoms with Crippen LogP contribution in [-0.4, -0.2) is 33.9 Å². The third-order valence-corrected chi connectivity index (χ3v) is 7.84. The second-order valence-corrected chi connectivity index (χ2v) is 10.0. The van der Waals surface area contributed by atoms with Crippen LogP contribution >= 0.6 is 23.1 Å². The van der Waals surface area contributed by atoms with Crippen LogP contribution in [0.3, 0.4) is 0 Å². The van der Waals surface area contributed by atoms with Gasteiger partial charge in [0.05, 0.1) is 23.4 Å². The molecule has 0 radical (unpaired) electrons. The number of nitrogens with zero attached hydrogens (tertiary/aromatic N) is 2. The molecule has 1 amide bonds. The topological polar surface area (TPSA) is 73.2 Å². The van der Waals surface area contributed by atoms with Gasteiger partial charge >= 0.3 is 0 Å². The Morgan fingerprint density at radius 3 is 2.72 bits per heavy atom. The van der Waals surface area contributed by atoms with Gasteiger partial charge in [0.1, 0.15) is 10.6 Å². The van der Waals surface area contributed by atoms with Crippen LogP contribution in [0.15, 0.2) is 34.2 Å². The van der Waals surface area contributed by atoms with Gasteiger partial charge in [-0.1, -0.05) is 18.7 Å². The lowest BCUT2D eigenvalue weighted by molar-refractivity contribution is -0.119. The summed E-state index contributed by atoms with van der Waals surface area (Å²) in [5.41, 5.74) is 1.84. The number of hydrogen-bond donors (Lipinski definition) is 1. The molecule has 6 nitrogen and oxygen atoms in total. The molecule has 2 heterocycles. The second-order valence-electron chi connectivity index (χ2n) is 8.02. The number of aromatic nitrogens is 2. The summed E-state index contributed by atoms with van der Waals surface area (Å²) in [5, 5.41) is 4.27. The third-order valence-electron chi connectivity index (χ3n) is 5.72. The molecule has 1 unspecified atom stereocenters. The molecule has 32 heavy (non-hydrogen) atoms. The molecule has 170 valence electrons. The summed E-state index contributed by atoms with van der Waals surface area (Å²) in [6.45, 7) is 6.55. The Bertz CT molecular complexity index is 1170. The number of hydrogen-bond acceptors (Lipinski definition) is 6. The molecule has 1 atom stereocenters. The van der Waals surface area contributed by atoms with Gasteiger partial charge in [-0.15, -0.1) is 11.3 Å². The fourth-order valence-corrected chi connectivity index (χ4v) is 6.04. The molecule has 0 aliphatic heterocycles. The molecule has 3 aromatic rings. The summed E-state index contributed by atoms with van der Waals surface area (Å²) in [5.74, 6) is 0.917. The zero-order chi connectivity index (χ0) is 22.7. The Balaban J connectivity index is 1.77. The number of nitrogens with one attached hydrogen (secondary N) is 1. The number of thiophene rings is 1. The van der Waals surface area contributed by atoms with Crippen molar-refractivity contribution < 1.29 is 9.53 Å². The minimum atomic E-state index is -0.0533. The minimum Gasteiger partial charge on any atom is -0.494 e. The fraction of sp³-hybridized carbons (Fsp3) is 0.458. The summed E-state index contributed by atoms with van der Waals surface area (Å²) >= 11 is 2.94. The quantitative estimate of drug-likeness (QED) is 0.380. The molecule has 1 aliphatic rings. The highest BCUT2D eigenvalue weighted by Crippen LogP contribution is 2.35. The lowest BCUT2D eigenvalue weighted by atomic mass is 9.97. The van der Waals surface area contributed by atoms with Gasteiger partial charge in [0, 0.05) is 10.9 Å². The van der Waals surface area contributed by atoms with Crippen LogP contribution in [0, 0.1) is 0 Å². The summed E-state index contributed by atoms with van der Waals surface area (Å²) < 4.78 is 7.21. The van der Waals surface area contributed by atoms with E-state index in [9.17, 15) is 9.59 Å². The Morgan fingerprint density at radius 2 is 2.00 bits per heavy atom. The van der Waals surface area contributed by atoms with Crippen molar-refractivity contribution in [2.45, 2.75) is 64.1 Å². The van der Waals surface area contributed by atoms with Crippen molar-refractivity contribution >= 4 is 39.2 Å². The van der Waals surface area contributed by atoms with Gasteiger partial charge in [-0.25, -0.2) is 4.98 Å². The number of ether oxygens (including phenoxy) is 1. The van der Waals surface area contributed by atoms with E-state index in [1.54, 1.807) is 15.9 Å². The van der Waals surface area contributed by atoms with Gasteiger partial charge in [0.15, 0.2) is 5.16 Å². The fourth-order valence-electron chi connectivity index (χ4n) is 3.92. The lowest BCUT2D eigenvalue weighted by Crippen LogP contribution is -2.33. The molecule has 4 rings (SSSR count). The van der Waals surface area contributed by atoms with Crippen LogP contribution in [0.4, 0.5) is 0 Å². The third kappa shape index (κ3) is 4.71.